The zero-order valence-electron chi connectivity index (χ0n) is 24.4. The predicted molar refractivity (Wildman–Crippen MR) is 166 cm³/mol. The van der Waals surface area contributed by atoms with Crippen LogP contribution in [0.3, 0.4) is 0 Å². The first kappa shape index (κ1) is 30.8. The van der Waals surface area contributed by atoms with E-state index < -0.39 is 41.0 Å². The van der Waals surface area contributed by atoms with Crippen LogP contribution in [0.2, 0.25) is 10.0 Å². The number of primary amides is 1. The highest BCUT2D eigenvalue weighted by Gasteiger charge is 2.66. The number of amides is 3. The van der Waals surface area contributed by atoms with E-state index in [1.54, 1.807) is 37.3 Å². The zero-order chi connectivity index (χ0) is 31.4. The number of carbonyl (C=O) groups is 3. The first-order valence-corrected chi connectivity index (χ1v) is 14.6. The van der Waals surface area contributed by atoms with Gasteiger partial charge in [0.05, 0.1) is 23.9 Å². The Balaban J connectivity index is 1.71. The molecule has 4 atom stereocenters. The number of hydrogen-bond acceptors (Lipinski definition) is 5. The average Bonchev–Trinajstić information content (AvgIpc) is 3.39. The molecule has 1 saturated heterocycles. The number of halogens is 3. The standard InChI is InChI=1S/C32H33Cl2FN4O4/c1-15-17(28(36)40)10-12-21(27(15)43-5)37-29(41)26-24(18-7-6-8-20(34)25(18)35)32(23(39-26)14-31(2,3)4)19-11-9-16(33)13-22(19)38-30(32)42/h6-13,23-24,26,39H,14H2,1-5H3,(H2,36,40)(H,37,41)(H,38,42)/t23-,24+,26+,32?/m0/s1. The number of fused-ring (bicyclic) bond motifs is 2. The third-order valence-corrected chi connectivity index (χ3v) is 8.88. The molecule has 5 N–H and O–H groups in total. The van der Waals surface area contributed by atoms with Crippen LogP contribution in [-0.4, -0.2) is 36.9 Å². The SMILES string of the molecule is COc1c(NC(=O)[C@@H]2N[C@@H](CC(C)(C)C)C3(C(=O)Nc4cc(Cl)ccc43)[C@@H]2c2cccc(Cl)c2F)ccc(C(N)=O)c1C. The Morgan fingerprint density at radius 1 is 1.14 bits per heavy atom. The topological polar surface area (TPSA) is 123 Å². The lowest BCUT2D eigenvalue weighted by Gasteiger charge is -2.37. The van der Waals surface area contributed by atoms with E-state index in [4.69, 9.17) is 33.7 Å². The number of nitrogens with one attached hydrogen (secondary N) is 3. The van der Waals surface area contributed by atoms with Gasteiger partial charge in [-0.15, -0.1) is 0 Å². The third-order valence-electron chi connectivity index (χ3n) is 8.35. The molecule has 3 aromatic carbocycles. The second kappa shape index (κ2) is 11.1. The van der Waals surface area contributed by atoms with Crippen molar-refractivity contribution < 1.29 is 23.5 Å². The van der Waals surface area contributed by atoms with Crippen molar-refractivity contribution in [3.8, 4) is 5.75 Å². The summed E-state index contributed by atoms with van der Waals surface area (Å²) in [6, 6.07) is 11.0. The Kier molecular flexibility index (Phi) is 7.96. The maximum atomic E-state index is 16.0. The van der Waals surface area contributed by atoms with Gasteiger partial charge in [0, 0.05) is 33.8 Å². The van der Waals surface area contributed by atoms with Gasteiger partial charge in [0.15, 0.2) is 0 Å². The highest BCUT2D eigenvalue weighted by Crippen LogP contribution is 2.57. The van der Waals surface area contributed by atoms with E-state index in [9.17, 15) is 14.4 Å². The Bertz CT molecular complexity index is 1660. The van der Waals surface area contributed by atoms with Crippen LogP contribution in [0.5, 0.6) is 5.75 Å². The molecule has 0 aromatic heterocycles. The minimum atomic E-state index is -1.39. The first-order valence-electron chi connectivity index (χ1n) is 13.8. The van der Waals surface area contributed by atoms with Gasteiger partial charge in [0.2, 0.25) is 17.7 Å². The molecule has 0 bridgehead atoms. The Morgan fingerprint density at radius 3 is 2.51 bits per heavy atom. The van der Waals surface area contributed by atoms with Crippen molar-refractivity contribution >= 4 is 52.3 Å². The molecule has 5 rings (SSSR count). The molecule has 1 fully saturated rings. The molecule has 2 aliphatic rings. The lowest BCUT2D eigenvalue weighted by molar-refractivity contribution is -0.122. The number of ether oxygens (including phenoxy) is 1. The number of hydrogen-bond donors (Lipinski definition) is 4. The summed E-state index contributed by atoms with van der Waals surface area (Å²) in [6.07, 6.45) is 0.473. The van der Waals surface area contributed by atoms with E-state index in [1.807, 2.05) is 20.8 Å². The monoisotopic (exact) mass is 626 g/mol. The summed E-state index contributed by atoms with van der Waals surface area (Å²) in [7, 11) is 1.42. The van der Waals surface area contributed by atoms with Gasteiger partial charge in [0.25, 0.3) is 0 Å². The summed E-state index contributed by atoms with van der Waals surface area (Å²) in [6.45, 7) is 7.77. The highest BCUT2D eigenvalue weighted by molar-refractivity contribution is 6.31. The quantitative estimate of drug-likeness (QED) is 0.270. The molecule has 1 unspecified atom stereocenters. The molecule has 3 amide bonds. The first-order chi connectivity index (χ1) is 20.2. The fourth-order valence-electron chi connectivity index (χ4n) is 6.68. The smallest absolute Gasteiger partial charge is 0.249 e. The Morgan fingerprint density at radius 2 is 1.86 bits per heavy atom. The van der Waals surface area contributed by atoms with Crippen molar-refractivity contribution in [2.24, 2.45) is 11.1 Å². The van der Waals surface area contributed by atoms with Crippen molar-refractivity contribution in [3.05, 3.63) is 86.6 Å². The van der Waals surface area contributed by atoms with Crippen molar-refractivity contribution in [1.29, 1.82) is 0 Å². The van der Waals surface area contributed by atoms with Crippen LogP contribution in [0.15, 0.2) is 48.5 Å². The summed E-state index contributed by atoms with van der Waals surface area (Å²) >= 11 is 12.6. The molecule has 11 heteroatoms. The summed E-state index contributed by atoms with van der Waals surface area (Å²) in [5.74, 6) is -3.00. The van der Waals surface area contributed by atoms with Crippen LogP contribution < -0.4 is 26.4 Å². The molecule has 3 aromatic rings. The van der Waals surface area contributed by atoms with E-state index >= 15 is 4.39 Å². The van der Waals surface area contributed by atoms with E-state index in [0.29, 0.717) is 33.9 Å². The minimum Gasteiger partial charge on any atom is -0.494 e. The maximum absolute atomic E-state index is 16.0. The lowest BCUT2D eigenvalue weighted by Crippen LogP contribution is -2.49. The zero-order valence-corrected chi connectivity index (χ0v) is 25.9. The van der Waals surface area contributed by atoms with Crippen molar-refractivity contribution in [2.45, 2.75) is 57.5 Å². The van der Waals surface area contributed by atoms with Crippen molar-refractivity contribution in [2.75, 3.05) is 17.7 Å². The number of rotatable bonds is 6. The Hall–Kier alpha value is -3.66. The third kappa shape index (κ3) is 5.13. The average molecular weight is 628 g/mol. The van der Waals surface area contributed by atoms with Crippen LogP contribution in [0, 0.1) is 18.2 Å². The largest absolute Gasteiger partial charge is 0.494 e. The summed E-state index contributed by atoms with van der Waals surface area (Å²) < 4.78 is 21.5. The van der Waals surface area contributed by atoms with Gasteiger partial charge in [-0.3, -0.25) is 14.4 Å². The molecule has 0 saturated carbocycles. The number of nitrogens with two attached hydrogens (primary N) is 1. The van der Waals surface area contributed by atoms with Crippen molar-refractivity contribution in [1.82, 2.24) is 5.32 Å². The highest BCUT2D eigenvalue weighted by atomic mass is 35.5. The molecule has 1 spiro atoms. The molecule has 8 nitrogen and oxygen atoms in total. The van der Waals surface area contributed by atoms with Gasteiger partial charge in [-0.25, -0.2) is 4.39 Å². The van der Waals surface area contributed by atoms with Gasteiger partial charge >= 0.3 is 0 Å². The molecule has 2 heterocycles. The minimum absolute atomic E-state index is 0.125. The second-order valence-electron chi connectivity index (χ2n) is 12.3. The maximum Gasteiger partial charge on any atom is 0.249 e. The van der Waals surface area contributed by atoms with E-state index in [0.717, 1.165) is 0 Å². The molecule has 0 radical (unpaired) electrons. The molecule has 0 aliphatic carbocycles. The van der Waals surface area contributed by atoms with Crippen LogP contribution in [0.1, 0.15) is 60.2 Å². The van der Waals surface area contributed by atoms with Crippen LogP contribution >= 0.6 is 23.2 Å². The van der Waals surface area contributed by atoms with Gasteiger partial charge in [0.1, 0.15) is 17.0 Å². The molecule has 226 valence electrons. The summed E-state index contributed by atoms with van der Waals surface area (Å²) in [5, 5.41) is 9.59. The molecular formula is C32H33Cl2FN4O4. The van der Waals surface area contributed by atoms with Gasteiger partial charge in [-0.1, -0.05) is 62.2 Å². The number of benzene rings is 3. The van der Waals surface area contributed by atoms with Crippen LogP contribution in [0.25, 0.3) is 0 Å². The van der Waals surface area contributed by atoms with E-state index in [1.165, 1.54) is 25.3 Å². The van der Waals surface area contributed by atoms with Crippen molar-refractivity contribution in [3.63, 3.8) is 0 Å². The molecule has 43 heavy (non-hydrogen) atoms. The van der Waals surface area contributed by atoms with Gasteiger partial charge in [-0.05, 0) is 60.2 Å². The number of carbonyl (C=O) groups excluding carboxylic acids is 3. The van der Waals surface area contributed by atoms with Gasteiger partial charge in [-0.2, -0.15) is 0 Å². The number of methoxy groups -OCH3 is 1. The lowest BCUT2D eigenvalue weighted by atomic mass is 9.62. The number of anilines is 2. The van der Waals surface area contributed by atoms with Gasteiger partial charge < -0.3 is 26.4 Å². The fraction of sp³-hybridized carbons (Fsp3) is 0.344. The van der Waals surface area contributed by atoms with Crippen LogP contribution in [0.4, 0.5) is 15.8 Å². The summed E-state index contributed by atoms with van der Waals surface area (Å²) in [5.41, 5.74) is 6.06. The normalized spacial score (nSPS) is 22.8. The molecule has 2 aliphatic heterocycles. The Labute approximate surface area is 259 Å². The van der Waals surface area contributed by atoms with Crippen LogP contribution in [-0.2, 0) is 15.0 Å². The van der Waals surface area contributed by atoms with E-state index in [-0.39, 0.29) is 33.2 Å². The van der Waals surface area contributed by atoms with E-state index in [2.05, 4.69) is 16.0 Å². The summed E-state index contributed by atoms with van der Waals surface area (Å²) in [4.78, 5) is 40.5. The molecular weight excluding hydrogens is 594 g/mol. The second-order valence-corrected chi connectivity index (χ2v) is 13.1. The predicted octanol–water partition coefficient (Wildman–Crippen LogP) is 5.94. The fourth-order valence-corrected chi connectivity index (χ4v) is 7.04.